The molecule has 3 heterocycles. The van der Waals surface area contributed by atoms with Crippen molar-refractivity contribution in [2.45, 2.75) is 13.3 Å². The van der Waals surface area contributed by atoms with E-state index in [1.807, 2.05) is 21.7 Å². The van der Waals surface area contributed by atoms with E-state index in [0.29, 0.717) is 12.4 Å². The van der Waals surface area contributed by atoms with Gasteiger partial charge in [-0.1, -0.05) is 0 Å². The molecule has 0 atom stereocenters. The molecule has 98 valence electrons. The standard InChI is InChI=1S/C13H15N5O/c1-9(19)17-5-2-10(3-6-17)18-7-4-11-12(14)15-8-16-13(11)18/h2,4,7-8H,3,5-6H2,1H3,(H2,14,15,16). The van der Waals surface area contributed by atoms with Gasteiger partial charge in [0, 0.05) is 38.3 Å². The van der Waals surface area contributed by atoms with E-state index in [4.69, 9.17) is 5.73 Å². The van der Waals surface area contributed by atoms with Crippen molar-refractivity contribution in [2.24, 2.45) is 0 Å². The van der Waals surface area contributed by atoms with E-state index in [2.05, 4.69) is 16.0 Å². The molecule has 6 heteroatoms. The molecule has 6 nitrogen and oxygen atoms in total. The van der Waals surface area contributed by atoms with Crippen LogP contribution >= 0.6 is 0 Å². The van der Waals surface area contributed by atoms with Crippen LogP contribution < -0.4 is 5.73 Å². The number of aromatic nitrogens is 3. The van der Waals surface area contributed by atoms with Crippen molar-refractivity contribution in [3.05, 3.63) is 24.7 Å². The Bertz CT molecular complexity index is 673. The summed E-state index contributed by atoms with van der Waals surface area (Å²) < 4.78 is 2.02. The lowest BCUT2D eigenvalue weighted by Crippen LogP contribution is -2.33. The third-order valence-corrected chi connectivity index (χ3v) is 3.45. The molecule has 0 unspecified atom stereocenters. The highest BCUT2D eigenvalue weighted by Crippen LogP contribution is 2.24. The van der Waals surface area contributed by atoms with Crippen LogP contribution in [-0.2, 0) is 4.79 Å². The van der Waals surface area contributed by atoms with Crippen molar-refractivity contribution in [1.82, 2.24) is 19.4 Å². The van der Waals surface area contributed by atoms with Gasteiger partial charge in [0.25, 0.3) is 0 Å². The largest absolute Gasteiger partial charge is 0.383 e. The average molecular weight is 257 g/mol. The summed E-state index contributed by atoms with van der Waals surface area (Å²) in [6.45, 7) is 2.98. The molecule has 0 aromatic carbocycles. The molecule has 2 aromatic heterocycles. The van der Waals surface area contributed by atoms with E-state index in [-0.39, 0.29) is 5.91 Å². The summed E-state index contributed by atoms with van der Waals surface area (Å²) >= 11 is 0. The predicted molar refractivity (Wildman–Crippen MR) is 73.1 cm³/mol. The number of anilines is 1. The Hall–Kier alpha value is -2.37. The van der Waals surface area contributed by atoms with Crippen LogP contribution in [-0.4, -0.2) is 38.4 Å². The normalized spacial score (nSPS) is 15.6. The van der Waals surface area contributed by atoms with Crippen LogP contribution in [0.3, 0.4) is 0 Å². The molecule has 0 fully saturated rings. The van der Waals surface area contributed by atoms with Crippen molar-refractivity contribution in [3.8, 4) is 0 Å². The molecule has 0 saturated heterocycles. The molecular formula is C13H15N5O. The molecule has 1 aliphatic heterocycles. The van der Waals surface area contributed by atoms with Gasteiger partial charge in [0.1, 0.15) is 17.8 Å². The maximum Gasteiger partial charge on any atom is 0.219 e. The van der Waals surface area contributed by atoms with Gasteiger partial charge in [-0.15, -0.1) is 0 Å². The second kappa shape index (κ2) is 4.38. The molecule has 0 spiro atoms. The van der Waals surface area contributed by atoms with Crippen molar-refractivity contribution in [2.75, 3.05) is 18.8 Å². The lowest BCUT2D eigenvalue weighted by Gasteiger charge is -2.25. The molecule has 19 heavy (non-hydrogen) atoms. The number of nitrogen functional groups attached to an aromatic ring is 1. The zero-order valence-electron chi connectivity index (χ0n) is 10.7. The minimum absolute atomic E-state index is 0.110. The molecule has 1 aliphatic rings. The number of carbonyl (C=O) groups is 1. The Balaban J connectivity index is 1.98. The van der Waals surface area contributed by atoms with Gasteiger partial charge in [-0.2, -0.15) is 0 Å². The first-order valence-electron chi connectivity index (χ1n) is 6.19. The number of amides is 1. The van der Waals surface area contributed by atoms with Gasteiger partial charge >= 0.3 is 0 Å². The number of carbonyl (C=O) groups excluding carboxylic acids is 1. The SMILES string of the molecule is CC(=O)N1CC=C(n2ccc3c(N)ncnc32)CC1. The summed E-state index contributed by atoms with van der Waals surface area (Å²) in [6, 6.07) is 1.92. The average Bonchev–Trinajstić information content (AvgIpc) is 2.84. The fourth-order valence-electron chi connectivity index (χ4n) is 2.37. The third kappa shape index (κ3) is 1.95. The number of hydrogen-bond acceptors (Lipinski definition) is 4. The van der Waals surface area contributed by atoms with Crippen molar-refractivity contribution < 1.29 is 4.79 Å². The van der Waals surface area contributed by atoms with Crippen LogP contribution in [0.4, 0.5) is 5.82 Å². The second-order valence-corrected chi connectivity index (χ2v) is 4.59. The van der Waals surface area contributed by atoms with Gasteiger partial charge in [-0.3, -0.25) is 4.79 Å². The fourth-order valence-corrected chi connectivity index (χ4v) is 2.37. The molecule has 2 aromatic rings. The summed E-state index contributed by atoms with van der Waals surface area (Å²) in [5, 5.41) is 0.859. The molecule has 0 saturated carbocycles. The van der Waals surface area contributed by atoms with E-state index in [1.54, 1.807) is 6.92 Å². The number of hydrogen-bond donors (Lipinski definition) is 1. The second-order valence-electron chi connectivity index (χ2n) is 4.59. The van der Waals surface area contributed by atoms with Crippen LogP contribution in [0.1, 0.15) is 13.3 Å². The summed E-state index contributed by atoms with van der Waals surface area (Å²) in [6.07, 6.45) is 6.29. The summed E-state index contributed by atoms with van der Waals surface area (Å²) in [5.41, 5.74) is 7.78. The number of nitrogens with zero attached hydrogens (tertiary/aromatic N) is 4. The van der Waals surface area contributed by atoms with Crippen LogP contribution in [0.25, 0.3) is 16.7 Å². The van der Waals surface area contributed by atoms with Crippen LogP contribution in [0, 0.1) is 0 Å². The Kier molecular flexibility index (Phi) is 2.70. The van der Waals surface area contributed by atoms with Gasteiger partial charge in [0.15, 0.2) is 0 Å². The van der Waals surface area contributed by atoms with Crippen LogP contribution in [0.15, 0.2) is 24.7 Å². The first-order valence-corrected chi connectivity index (χ1v) is 6.19. The molecule has 0 radical (unpaired) electrons. The van der Waals surface area contributed by atoms with E-state index in [0.717, 1.165) is 29.7 Å². The van der Waals surface area contributed by atoms with E-state index < -0.39 is 0 Å². The number of rotatable bonds is 1. The summed E-state index contributed by atoms with van der Waals surface area (Å²) in [5.74, 6) is 0.602. The lowest BCUT2D eigenvalue weighted by atomic mass is 10.2. The van der Waals surface area contributed by atoms with Gasteiger partial charge in [0.05, 0.1) is 5.39 Å². The van der Waals surface area contributed by atoms with Crippen molar-refractivity contribution in [3.63, 3.8) is 0 Å². The first-order chi connectivity index (χ1) is 9.16. The Morgan fingerprint density at radius 2 is 2.26 bits per heavy atom. The van der Waals surface area contributed by atoms with Crippen molar-refractivity contribution >= 4 is 28.5 Å². The first kappa shape index (κ1) is 11.7. The predicted octanol–water partition coefficient (Wildman–Crippen LogP) is 1.11. The number of nitrogens with two attached hydrogens (primary N) is 1. The van der Waals surface area contributed by atoms with Crippen LogP contribution in [0.2, 0.25) is 0 Å². The summed E-state index contributed by atoms with van der Waals surface area (Å²) in [7, 11) is 0. The highest BCUT2D eigenvalue weighted by Gasteiger charge is 2.16. The van der Waals surface area contributed by atoms with E-state index in [9.17, 15) is 4.79 Å². The molecule has 3 rings (SSSR count). The number of fused-ring (bicyclic) bond motifs is 1. The molecule has 0 bridgehead atoms. The topological polar surface area (TPSA) is 77.0 Å². The fraction of sp³-hybridized carbons (Fsp3) is 0.308. The van der Waals surface area contributed by atoms with Crippen molar-refractivity contribution in [1.29, 1.82) is 0 Å². The van der Waals surface area contributed by atoms with Gasteiger partial charge in [-0.25, -0.2) is 9.97 Å². The lowest BCUT2D eigenvalue weighted by molar-refractivity contribution is -0.128. The highest BCUT2D eigenvalue weighted by atomic mass is 16.2. The summed E-state index contributed by atoms with van der Waals surface area (Å²) in [4.78, 5) is 21.4. The van der Waals surface area contributed by atoms with Gasteiger partial charge < -0.3 is 15.2 Å². The molecule has 2 N–H and O–H groups in total. The zero-order valence-corrected chi connectivity index (χ0v) is 10.7. The third-order valence-electron chi connectivity index (χ3n) is 3.45. The zero-order chi connectivity index (χ0) is 13.4. The maximum atomic E-state index is 11.3. The van der Waals surface area contributed by atoms with Gasteiger partial charge in [-0.05, 0) is 12.1 Å². The Morgan fingerprint density at radius 3 is 2.95 bits per heavy atom. The minimum atomic E-state index is 0.110. The van der Waals surface area contributed by atoms with E-state index >= 15 is 0 Å². The highest BCUT2D eigenvalue weighted by molar-refractivity contribution is 5.88. The molecule has 1 amide bonds. The van der Waals surface area contributed by atoms with Gasteiger partial charge in [0.2, 0.25) is 5.91 Å². The monoisotopic (exact) mass is 257 g/mol. The quantitative estimate of drug-likeness (QED) is 0.830. The molecular weight excluding hydrogens is 242 g/mol. The Morgan fingerprint density at radius 1 is 1.42 bits per heavy atom. The minimum Gasteiger partial charge on any atom is -0.383 e. The maximum absolute atomic E-state index is 11.3. The van der Waals surface area contributed by atoms with E-state index in [1.165, 1.54) is 6.33 Å². The van der Waals surface area contributed by atoms with Crippen LogP contribution in [0.5, 0.6) is 0 Å². The molecule has 0 aliphatic carbocycles. The Labute approximate surface area is 110 Å². The smallest absolute Gasteiger partial charge is 0.219 e.